The van der Waals surface area contributed by atoms with Crippen molar-refractivity contribution in [2.75, 3.05) is 25.3 Å². The van der Waals surface area contributed by atoms with Crippen molar-refractivity contribution in [3.63, 3.8) is 0 Å². The minimum atomic E-state index is -0.632. The van der Waals surface area contributed by atoms with E-state index in [1.165, 1.54) is 31.1 Å². The molecule has 0 heterocycles. The lowest BCUT2D eigenvalue weighted by atomic mass is 10.1. The minimum Gasteiger partial charge on any atom is -0.345 e. The summed E-state index contributed by atoms with van der Waals surface area (Å²) < 4.78 is 13.4. The summed E-state index contributed by atoms with van der Waals surface area (Å²) in [7, 11) is 3.04. The van der Waals surface area contributed by atoms with Crippen LogP contribution in [0.5, 0.6) is 0 Å². The summed E-state index contributed by atoms with van der Waals surface area (Å²) in [5.41, 5.74) is 0.240. The van der Waals surface area contributed by atoms with Gasteiger partial charge in [-0.3, -0.25) is 9.59 Å². The number of benzene rings is 1. The number of anilines is 1. The molecule has 0 aliphatic heterocycles. The van der Waals surface area contributed by atoms with Gasteiger partial charge in [0.1, 0.15) is 11.7 Å². The van der Waals surface area contributed by atoms with Crippen LogP contribution in [0.15, 0.2) is 18.2 Å². The van der Waals surface area contributed by atoms with Gasteiger partial charge in [0.15, 0.2) is 0 Å². The topological polar surface area (TPSA) is 49.4 Å². The molecule has 6 heteroatoms. The molecule has 0 aliphatic carbocycles. The van der Waals surface area contributed by atoms with E-state index in [0.29, 0.717) is 5.69 Å². The number of nitrogens with zero attached hydrogens (tertiary/aromatic N) is 1. The molecule has 0 aromatic heterocycles. The number of halogens is 2. The van der Waals surface area contributed by atoms with E-state index in [1.54, 1.807) is 0 Å². The molecule has 1 rings (SSSR count). The third-order valence-corrected chi connectivity index (χ3v) is 2.25. The van der Waals surface area contributed by atoms with E-state index in [4.69, 9.17) is 11.6 Å². The number of hydrogen-bond donors (Lipinski definition) is 1. The lowest BCUT2D eigenvalue weighted by Crippen LogP contribution is -2.23. The molecule has 2 amide bonds. The Labute approximate surface area is 103 Å². The predicted octanol–water partition coefficient (Wildman–Crippen LogP) is 1.70. The summed E-state index contributed by atoms with van der Waals surface area (Å²) in [6.07, 6.45) is 0. The Hall–Kier alpha value is -1.62. The van der Waals surface area contributed by atoms with E-state index in [-0.39, 0.29) is 11.4 Å². The van der Waals surface area contributed by atoms with Crippen LogP contribution < -0.4 is 5.32 Å². The van der Waals surface area contributed by atoms with E-state index < -0.39 is 17.6 Å². The average Bonchev–Trinajstić information content (AvgIpc) is 2.30. The van der Waals surface area contributed by atoms with Crippen LogP contribution in [0.3, 0.4) is 0 Å². The van der Waals surface area contributed by atoms with Crippen LogP contribution in [-0.2, 0) is 4.79 Å². The minimum absolute atomic E-state index is 0.0950. The van der Waals surface area contributed by atoms with Gasteiger partial charge in [-0.2, -0.15) is 0 Å². The molecule has 17 heavy (non-hydrogen) atoms. The molecular formula is C11H12ClFN2O2. The Kier molecular flexibility index (Phi) is 4.45. The van der Waals surface area contributed by atoms with Gasteiger partial charge in [0.05, 0.1) is 5.56 Å². The van der Waals surface area contributed by atoms with E-state index in [0.717, 1.165) is 6.07 Å². The first-order chi connectivity index (χ1) is 7.95. The zero-order valence-electron chi connectivity index (χ0n) is 9.46. The fraction of sp³-hybridized carbons (Fsp3) is 0.273. The number of carbonyl (C=O) groups excluding carboxylic acids is 2. The molecular weight excluding hydrogens is 247 g/mol. The first-order valence-corrected chi connectivity index (χ1v) is 5.36. The maximum Gasteiger partial charge on any atom is 0.256 e. The normalized spacial score (nSPS) is 9.88. The van der Waals surface area contributed by atoms with Crippen molar-refractivity contribution in [2.24, 2.45) is 0 Å². The van der Waals surface area contributed by atoms with Gasteiger partial charge in [0.2, 0.25) is 5.91 Å². The third-order valence-electron chi connectivity index (χ3n) is 2.01. The van der Waals surface area contributed by atoms with Crippen LogP contribution in [0.2, 0.25) is 0 Å². The van der Waals surface area contributed by atoms with Crippen molar-refractivity contribution in [2.45, 2.75) is 0 Å². The summed E-state index contributed by atoms with van der Waals surface area (Å²) >= 11 is 5.32. The van der Waals surface area contributed by atoms with E-state index in [9.17, 15) is 14.0 Å². The van der Waals surface area contributed by atoms with Crippen LogP contribution in [0.25, 0.3) is 0 Å². The van der Waals surface area contributed by atoms with Crippen LogP contribution >= 0.6 is 11.6 Å². The Balaban J connectivity index is 3.02. The molecule has 1 aromatic rings. The Bertz CT molecular complexity index is 449. The second-order valence-corrected chi connectivity index (χ2v) is 3.84. The summed E-state index contributed by atoms with van der Waals surface area (Å²) in [5, 5.41) is 2.44. The molecule has 92 valence electrons. The first kappa shape index (κ1) is 13.4. The molecule has 1 N–H and O–H groups in total. The van der Waals surface area contributed by atoms with Crippen LogP contribution in [0.4, 0.5) is 10.1 Å². The highest BCUT2D eigenvalue weighted by atomic mass is 35.5. The Morgan fingerprint density at radius 3 is 2.59 bits per heavy atom. The van der Waals surface area contributed by atoms with Crippen LogP contribution in [0, 0.1) is 5.82 Å². The maximum absolute atomic E-state index is 13.4. The molecule has 0 saturated heterocycles. The molecule has 4 nitrogen and oxygen atoms in total. The highest BCUT2D eigenvalue weighted by Crippen LogP contribution is 2.16. The molecule has 0 radical (unpaired) electrons. The molecule has 0 saturated carbocycles. The zero-order chi connectivity index (χ0) is 13.0. The summed E-state index contributed by atoms with van der Waals surface area (Å²) in [5.74, 6) is -1.72. The van der Waals surface area contributed by atoms with E-state index in [1.807, 2.05) is 0 Å². The quantitative estimate of drug-likeness (QED) is 0.839. The van der Waals surface area contributed by atoms with Crippen LogP contribution in [0.1, 0.15) is 10.4 Å². The molecule has 0 unspecified atom stereocenters. The monoisotopic (exact) mass is 258 g/mol. The first-order valence-electron chi connectivity index (χ1n) is 4.82. The maximum atomic E-state index is 13.4. The number of carbonyl (C=O) groups is 2. The fourth-order valence-electron chi connectivity index (χ4n) is 1.20. The second-order valence-electron chi connectivity index (χ2n) is 3.58. The van der Waals surface area contributed by atoms with Gasteiger partial charge in [-0.15, -0.1) is 11.6 Å². The van der Waals surface area contributed by atoms with Crippen LogP contribution in [-0.4, -0.2) is 36.7 Å². The van der Waals surface area contributed by atoms with E-state index in [2.05, 4.69) is 5.32 Å². The summed E-state index contributed by atoms with van der Waals surface area (Å²) in [4.78, 5) is 23.9. The largest absolute Gasteiger partial charge is 0.345 e. The SMILES string of the molecule is CN(C)C(=O)c1cc(NC(=O)CCl)ccc1F. The molecule has 0 bridgehead atoms. The lowest BCUT2D eigenvalue weighted by molar-refractivity contribution is -0.113. The van der Waals surface area contributed by atoms with Gasteiger partial charge in [-0.05, 0) is 18.2 Å². The predicted molar refractivity (Wildman–Crippen MR) is 63.8 cm³/mol. The Morgan fingerprint density at radius 2 is 2.06 bits per heavy atom. The van der Waals surface area contributed by atoms with Crippen molar-refractivity contribution < 1.29 is 14.0 Å². The van der Waals surface area contributed by atoms with Gasteiger partial charge in [-0.25, -0.2) is 4.39 Å². The number of nitrogens with one attached hydrogen (secondary N) is 1. The Morgan fingerprint density at radius 1 is 1.41 bits per heavy atom. The standard InChI is InChI=1S/C11H12ClFN2O2/c1-15(2)11(17)8-5-7(3-4-9(8)13)14-10(16)6-12/h3-5H,6H2,1-2H3,(H,14,16). The highest BCUT2D eigenvalue weighted by molar-refractivity contribution is 6.29. The van der Waals surface area contributed by atoms with Crippen molar-refractivity contribution >= 4 is 29.1 Å². The van der Waals surface area contributed by atoms with Crippen molar-refractivity contribution in [3.8, 4) is 0 Å². The lowest BCUT2D eigenvalue weighted by Gasteiger charge is -2.12. The zero-order valence-corrected chi connectivity index (χ0v) is 10.2. The smallest absolute Gasteiger partial charge is 0.256 e. The third kappa shape index (κ3) is 3.42. The van der Waals surface area contributed by atoms with Crippen molar-refractivity contribution in [1.29, 1.82) is 0 Å². The number of alkyl halides is 1. The molecule has 0 aliphatic rings. The number of rotatable bonds is 3. The van der Waals surface area contributed by atoms with Gasteiger partial charge < -0.3 is 10.2 Å². The van der Waals surface area contributed by atoms with Crippen molar-refractivity contribution in [1.82, 2.24) is 4.90 Å². The summed E-state index contributed by atoms with van der Waals surface area (Å²) in [6, 6.07) is 3.77. The van der Waals surface area contributed by atoms with Gasteiger partial charge in [0.25, 0.3) is 5.91 Å². The number of hydrogen-bond acceptors (Lipinski definition) is 2. The van der Waals surface area contributed by atoms with E-state index >= 15 is 0 Å². The molecule has 0 spiro atoms. The van der Waals surface area contributed by atoms with Gasteiger partial charge in [0, 0.05) is 19.8 Å². The van der Waals surface area contributed by atoms with Gasteiger partial charge in [-0.1, -0.05) is 0 Å². The second kappa shape index (κ2) is 5.63. The highest BCUT2D eigenvalue weighted by Gasteiger charge is 2.14. The molecule has 0 atom stereocenters. The number of amides is 2. The van der Waals surface area contributed by atoms with Gasteiger partial charge >= 0.3 is 0 Å². The average molecular weight is 259 g/mol. The fourth-order valence-corrected chi connectivity index (χ4v) is 1.27. The molecule has 1 aromatic carbocycles. The summed E-state index contributed by atoms with van der Waals surface area (Å²) in [6.45, 7) is 0. The van der Waals surface area contributed by atoms with Crippen molar-refractivity contribution in [3.05, 3.63) is 29.6 Å². The molecule has 0 fully saturated rings.